The minimum absolute atomic E-state index is 0.539. The van der Waals surface area contributed by atoms with Crippen molar-refractivity contribution in [2.24, 2.45) is 4.99 Å². The number of benzene rings is 1. The van der Waals surface area contributed by atoms with Crippen molar-refractivity contribution < 1.29 is 0 Å². The first kappa shape index (κ1) is 8.98. The number of aliphatic imine (C=N–C) groups is 1. The Morgan fingerprint density at radius 3 is 2.71 bits per heavy atom. The molecule has 1 atom stereocenters. The highest BCUT2D eigenvalue weighted by atomic mass is 14.7. The summed E-state index contributed by atoms with van der Waals surface area (Å²) in [6.45, 7) is 2.23. The van der Waals surface area contributed by atoms with E-state index in [0.29, 0.717) is 5.92 Å². The summed E-state index contributed by atoms with van der Waals surface area (Å²) >= 11 is 0. The van der Waals surface area contributed by atoms with Crippen LogP contribution in [0.2, 0.25) is 0 Å². The SMILES string of the molecule is CC(CC1=C=NC=C1)c1ccccc1. The van der Waals surface area contributed by atoms with Crippen molar-refractivity contribution >= 4 is 5.87 Å². The van der Waals surface area contributed by atoms with Gasteiger partial charge in [-0.3, -0.25) is 0 Å². The lowest BCUT2D eigenvalue weighted by Gasteiger charge is -2.09. The van der Waals surface area contributed by atoms with Gasteiger partial charge in [-0.25, -0.2) is 4.99 Å². The van der Waals surface area contributed by atoms with Crippen LogP contribution in [0.1, 0.15) is 24.8 Å². The van der Waals surface area contributed by atoms with E-state index in [1.807, 2.05) is 12.1 Å². The van der Waals surface area contributed by atoms with Gasteiger partial charge in [0.15, 0.2) is 0 Å². The highest BCUT2D eigenvalue weighted by Crippen LogP contribution is 2.22. The zero-order valence-electron chi connectivity index (χ0n) is 8.27. The predicted octanol–water partition coefficient (Wildman–Crippen LogP) is 3.30. The van der Waals surface area contributed by atoms with Crippen LogP contribution in [0.4, 0.5) is 0 Å². The molecule has 0 radical (unpaired) electrons. The second kappa shape index (κ2) is 4.08. The Kier molecular flexibility index (Phi) is 2.62. The Hall–Kier alpha value is -1.59. The van der Waals surface area contributed by atoms with E-state index in [1.54, 1.807) is 6.20 Å². The van der Waals surface area contributed by atoms with Crippen molar-refractivity contribution in [3.8, 4) is 0 Å². The molecule has 1 aliphatic heterocycles. The maximum atomic E-state index is 3.94. The molecule has 0 aliphatic carbocycles. The zero-order valence-corrected chi connectivity index (χ0v) is 8.27. The largest absolute Gasteiger partial charge is 0.214 e. The second-order valence-electron chi connectivity index (χ2n) is 3.60. The lowest BCUT2D eigenvalue weighted by molar-refractivity contribution is 0.767. The predicted molar refractivity (Wildman–Crippen MR) is 59.6 cm³/mol. The summed E-state index contributed by atoms with van der Waals surface area (Å²) in [5.41, 5.74) is 2.57. The quantitative estimate of drug-likeness (QED) is 0.681. The summed E-state index contributed by atoms with van der Waals surface area (Å²) in [4.78, 5) is 3.94. The molecule has 0 saturated heterocycles. The molecule has 0 N–H and O–H groups in total. The Morgan fingerprint density at radius 1 is 1.29 bits per heavy atom. The maximum absolute atomic E-state index is 3.94. The molecule has 1 aromatic rings. The van der Waals surface area contributed by atoms with Gasteiger partial charge >= 0.3 is 0 Å². The molecule has 0 bridgehead atoms. The van der Waals surface area contributed by atoms with Gasteiger partial charge in [0.1, 0.15) is 0 Å². The van der Waals surface area contributed by atoms with E-state index in [4.69, 9.17) is 0 Å². The average molecular weight is 183 g/mol. The molecule has 0 fully saturated rings. The zero-order chi connectivity index (χ0) is 9.80. The lowest BCUT2D eigenvalue weighted by atomic mass is 9.94. The van der Waals surface area contributed by atoms with Crippen LogP contribution in [-0.4, -0.2) is 5.87 Å². The van der Waals surface area contributed by atoms with E-state index in [9.17, 15) is 0 Å². The third-order valence-electron chi connectivity index (χ3n) is 2.45. The van der Waals surface area contributed by atoms with Crippen LogP contribution in [0.3, 0.4) is 0 Å². The molecule has 70 valence electrons. The van der Waals surface area contributed by atoms with E-state index in [2.05, 4.69) is 42.1 Å². The molecule has 1 heteroatoms. The molecule has 0 aromatic heterocycles. The van der Waals surface area contributed by atoms with Gasteiger partial charge in [-0.1, -0.05) is 37.3 Å². The van der Waals surface area contributed by atoms with Gasteiger partial charge in [0, 0.05) is 11.8 Å². The van der Waals surface area contributed by atoms with Gasteiger partial charge < -0.3 is 0 Å². The molecular weight excluding hydrogens is 170 g/mol. The van der Waals surface area contributed by atoms with Gasteiger partial charge in [-0.05, 0) is 29.8 Å². The molecule has 1 aliphatic rings. The summed E-state index contributed by atoms with van der Waals surface area (Å²) in [5, 5.41) is 0. The van der Waals surface area contributed by atoms with Crippen molar-refractivity contribution in [1.82, 2.24) is 0 Å². The van der Waals surface area contributed by atoms with Crippen molar-refractivity contribution in [2.75, 3.05) is 0 Å². The van der Waals surface area contributed by atoms with Crippen LogP contribution in [0, 0.1) is 0 Å². The van der Waals surface area contributed by atoms with E-state index in [0.717, 1.165) is 6.42 Å². The Bertz CT molecular complexity index is 395. The maximum Gasteiger partial charge on any atom is 0.0377 e. The summed E-state index contributed by atoms with van der Waals surface area (Å²) in [5.74, 6) is 3.53. The first-order valence-corrected chi connectivity index (χ1v) is 4.89. The minimum Gasteiger partial charge on any atom is -0.214 e. The topological polar surface area (TPSA) is 12.4 Å². The minimum atomic E-state index is 0.539. The van der Waals surface area contributed by atoms with Crippen molar-refractivity contribution in [1.29, 1.82) is 0 Å². The monoisotopic (exact) mass is 183 g/mol. The fourth-order valence-corrected chi connectivity index (χ4v) is 1.63. The number of allylic oxidation sites excluding steroid dienone is 2. The second-order valence-corrected chi connectivity index (χ2v) is 3.60. The molecule has 1 heterocycles. The fourth-order valence-electron chi connectivity index (χ4n) is 1.63. The van der Waals surface area contributed by atoms with Crippen molar-refractivity contribution in [3.05, 3.63) is 53.7 Å². The standard InChI is InChI=1S/C13H13N/c1-11(9-12-7-8-14-10-12)13-5-3-2-4-6-13/h2-8,11H,9H2,1H3. The number of nitrogens with zero attached hydrogens (tertiary/aromatic N) is 1. The number of rotatable bonds is 3. The van der Waals surface area contributed by atoms with Gasteiger partial charge in [0.2, 0.25) is 0 Å². The Balaban J connectivity index is 2.06. The molecule has 0 saturated carbocycles. The van der Waals surface area contributed by atoms with Gasteiger partial charge in [0.05, 0.1) is 0 Å². The van der Waals surface area contributed by atoms with Crippen LogP contribution < -0.4 is 0 Å². The van der Waals surface area contributed by atoms with Crippen LogP contribution in [0.25, 0.3) is 0 Å². The molecule has 1 aromatic carbocycles. The molecule has 0 spiro atoms. The van der Waals surface area contributed by atoms with Crippen LogP contribution in [0.15, 0.2) is 53.2 Å². The van der Waals surface area contributed by atoms with E-state index >= 15 is 0 Å². The number of hydrogen-bond acceptors (Lipinski definition) is 1. The van der Waals surface area contributed by atoms with E-state index in [1.165, 1.54) is 11.1 Å². The van der Waals surface area contributed by atoms with Crippen molar-refractivity contribution in [2.45, 2.75) is 19.3 Å². The Morgan fingerprint density at radius 2 is 2.07 bits per heavy atom. The fraction of sp³-hybridized carbons (Fsp3) is 0.231. The highest BCUT2D eigenvalue weighted by molar-refractivity contribution is 5.66. The highest BCUT2D eigenvalue weighted by Gasteiger charge is 2.07. The average Bonchev–Trinajstić information content (AvgIpc) is 2.72. The van der Waals surface area contributed by atoms with Gasteiger partial charge in [0.25, 0.3) is 0 Å². The van der Waals surface area contributed by atoms with Gasteiger partial charge in [-0.15, -0.1) is 0 Å². The first-order chi connectivity index (χ1) is 6.86. The number of hydrogen-bond donors (Lipinski definition) is 0. The van der Waals surface area contributed by atoms with E-state index in [-0.39, 0.29) is 0 Å². The van der Waals surface area contributed by atoms with Crippen LogP contribution in [-0.2, 0) is 0 Å². The van der Waals surface area contributed by atoms with Crippen LogP contribution in [0.5, 0.6) is 0 Å². The normalized spacial score (nSPS) is 15.6. The van der Waals surface area contributed by atoms with Crippen molar-refractivity contribution in [3.63, 3.8) is 0 Å². The summed E-state index contributed by atoms with van der Waals surface area (Å²) in [6, 6.07) is 10.5. The third kappa shape index (κ3) is 2.01. The molecule has 2 rings (SSSR count). The molecule has 1 unspecified atom stereocenters. The summed E-state index contributed by atoms with van der Waals surface area (Å²) in [7, 11) is 0. The van der Waals surface area contributed by atoms with E-state index < -0.39 is 0 Å². The molecule has 0 amide bonds. The molecular formula is C13H13N. The smallest absolute Gasteiger partial charge is 0.0377 e. The Labute approximate surface area is 84.5 Å². The third-order valence-corrected chi connectivity index (χ3v) is 2.45. The summed E-state index contributed by atoms with van der Waals surface area (Å²) in [6.07, 6.45) is 4.84. The molecule has 1 nitrogen and oxygen atoms in total. The first-order valence-electron chi connectivity index (χ1n) is 4.89. The van der Waals surface area contributed by atoms with Crippen LogP contribution >= 0.6 is 0 Å². The summed E-state index contributed by atoms with van der Waals surface area (Å²) < 4.78 is 0. The lowest BCUT2D eigenvalue weighted by Crippen LogP contribution is -1.94. The van der Waals surface area contributed by atoms with Gasteiger partial charge in [-0.2, -0.15) is 0 Å². The molecule has 14 heavy (non-hydrogen) atoms.